The van der Waals surface area contributed by atoms with Crippen LogP contribution in [0.15, 0.2) is 140 Å². The van der Waals surface area contributed by atoms with Gasteiger partial charge in [-0.3, -0.25) is 9.78 Å². The number of rotatable bonds is 9. The van der Waals surface area contributed by atoms with Crippen molar-refractivity contribution in [2.75, 3.05) is 13.1 Å². The molecule has 2 aromatic heterocycles. The SMILES string of the molecule is CC(C)(C)OC(=O)N1CCC(C2c3ccc(Cl)cc3C=C(CCC(=O)c3cn(C(c4ccccc4)(c4ccccc4)c4ccccc4)cn3)c3cccnc32)CC1. The number of carbonyl (C=O) groups excluding carboxylic acids is 2. The van der Waals surface area contributed by atoms with Crippen LogP contribution in [-0.4, -0.2) is 50.0 Å². The lowest BCUT2D eigenvalue weighted by atomic mass is 9.76. The number of piperidine rings is 1. The van der Waals surface area contributed by atoms with Crippen molar-refractivity contribution >= 4 is 35.1 Å². The van der Waals surface area contributed by atoms with Crippen molar-refractivity contribution in [2.24, 2.45) is 5.92 Å². The fourth-order valence-corrected chi connectivity index (χ4v) is 8.92. The molecule has 1 fully saturated rings. The number of fused-ring (bicyclic) bond motifs is 2. The number of pyridine rings is 1. The minimum absolute atomic E-state index is 0.00325. The summed E-state index contributed by atoms with van der Waals surface area (Å²) in [6, 6.07) is 41.3. The number of benzene rings is 4. The summed E-state index contributed by atoms with van der Waals surface area (Å²) in [7, 11) is 0. The van der Waals surface area contributed by atoms with Crippen molar-refractivity contribution in [2.45, 2.75) is 63.5 Å². The van der Waals surface area contributed by atoms with Gasteiger partial charge in [0.15, 0.2) is 5.78 Å². The van der Waals surface area contributed by atoms with Crippen molar-refractivity contribution in [3.8, 4) is 0 Å². The van der Waals surface area contributed by atoms with E-state index in [0.29, 0.717) is 30.2 Å². The van der Waals surface area contributed by atoms with Gasteiger partial charge in [-0.05, 0) is 103 Å². The second kappa shape index (κ2) is 16.0. The third-order valence-corrected chi connectivity index (χ3v) is 11.5. The van der Waals surface area contributed by atoms with Gasteiger partial charge in [0.1, 0.15) is 16.8 Å². The molecular formula is C49H47ClN4O3. The lowest BCUT2D eigenvalue weighted by molar-refractivity contribution is 0.0178. The van der Waals surface area contributed by atoms with E-state index in [2.05, 4.69) is 95.6 Å². The molecule has 288 valence electrons. The van der Waals surface area contributed by atoms with Gasteiger partial charge < -0.3 is 14.2 Å². The molecular weight excluding hydrogens is 728 g/mol. The molecule has 8 rings (SSSR count). The Morgan fingerprint density at radius 1 is 0.789 bits per heavy atom. The van der Waals surface area contributed by atoms with Crippen molar-refractivity contribution in [1.29, 1.82) is 0 Å². The summed E-state index contributed by atoms with van der Waals surface area (Å²) in [5.41, 5.74) is 7.57. The molecule has 0 radical (unpaired) electrons. The van der Waals surface area contributed by atoms with Crippen LogP contribution in [0.5, 0.6) is 0 Å². The van der Waals surface area contributed by atoms with Gasteiger partial charge in [-0.2, -0.15) is 0 Å². The van der Waals surface area contributed by atoms with Crippen molar-refractivity contribution in [3.63, 3.8) is 0 Å². The highest BCUT2D eigenvalue weighted by Crippen LogP contribution is 2.46. The molecule has 1 aliphatic heterocycles. The minimum Gasteiger partial charge on any atom is -0.444 e. The highest BCUT2D eigenvalue weighted by atomic mass is 35.5. The molecule has 2 aliphatic rings. The van der Waals surface area contributed by atoms with Gasteiger partial charge in [0, 0.05) is 42.8 Å². The molecule has 57 heavy (non-hydrogen) atoms. The zero-order valence-electron chi connectivity index (χ0n) is 32.6. The number of ether oxygens (including phenoxy) is 1. The predicted octanol–water partition coefficient (Wildman–Crippen LogP) is 11.1. The van der Waals surface area contributed by atoms with Crippen LogP contribution in [0.25, 0.3) is 11.6 Å². The fourth-order valence-electron chi connectivity index (χ4n) is 8.74. The van der Waals surface area contributed by atoms with E-state index >= 15 is 0 Å². The molecule has 0 saturated carbocycles. The molecule has 1 unspecified atom stereocenters. The molecule has 6 aromatic rings. The Morgan fingerprint density at radius 2 is 1.40 bits per heavy atom. The molecule has 0 spiro atoms. The molecule has 1 amide bonds. The minimum atomic E-state index is -0.759. The Kier molecular flexibility index (Phi) is 10.7. The summed E-state index contributed by atoms with van der Waals surface area (Å²) in [6.45, 7) is 6.92. The lowest BCUT2D eigenvalue weighted by Gasteiger charge is -2.37. The van der Waals surface area contributed by atoms with E-state index in [-0.39, 0.29) is 30.1 Å². The maximum absolute atomic E-state index is 14.2. The van der Waals surface area contributed by atoms with Crippen LogP contribution >= 0.6 is 11.6 Å². The number of imidazole rings is 1. The maximum atomic E-state index is 14.2. The van der Waals surface area contributed by atoms with Gasteiger partial charge in [-0.25, -0.2) is 9.78 Å². The number of likely N-dealkylation sites (tertiary alicyclic amines) is 1. The van der Waals surface area contributed by atoms with Gasteiger partial charge in [0.05, 0.1) is 12.0 Å². The van der Waals surface area contributed by atoms with Crippen LogP contribution < -0.4 is 0 Å². The number of hydrogen-bond donors (Lipinski definition) is 0. The number of hydrogen-bond acceptors (Lipinski definition) is 5. The van der Waals surface area contributed by atoms with Crippen LogP contribution in [0.1, 0.15) is 102 Å². The Morgan fingerprint density at radius 3 is 2.00 bits per heavy atom. The number of aromatic nitrogens is 3. The highest BCUT2D eigenvalue weighted by molar-refractivity contribution is 6.30. The fraction of sp³-hybridized carbons (Fsp3) is 0.265. The normalized spacial score (nSPS) is 15.9. The Balaban J connectivity index is 1.10. The van der Waals surface area contributed by atoms with Gasteiger partial charge in [0.25, 0.3) is 0 Å². The molecule has 1 aliphatic carbocycles. The number of amides is 1. The van der Waals surface area contributed by atoms with E-state index < -0.39 is 11.1 Å². The zero-order valence-corrected chi connectivity index (χ0v) is 33.4. The number of nitrogens with zero attached hydrogens (tertiary/aromatic N) is 4. The second-order valence-electron chi connectivity index (χ2n) is 16.1. The third-order valence-electron chi connectivity index (χ3n) is 11.3. The largest absolute Gasteiger partial charge is 0.444 e. The average molecular weight is 775 g/mol. The summed E-state index contributed by atoms with van der Waals surface area (Å²) in [5, 5.41) is 0.655. The summed E-state index contributed by atoms with van der Waals surface area (Å²) < 4.78 is 7.78. The second-order valence-corrected chi connectivity index (χ2v) is 16.5. The molecule has 0 bridgehead atoms. The predicted molar refractivity (Wildman–Crippen MR) is 226 cm³/mol. The molecule has 4 aromatic carbocycles. The van der Waals surface area contributed by atoms with E-state index in [0.717, 1.165) is 57.5 Å². The van der Waals surface area contributed by atoms with Gasteiger partial charge in [-0.15, -0.1) is 0 Å². The number of Topliss-reactive ketones (excluding diaryl/α,β-unsaturated/α-hetero) is 1. The summed E-state index contributed by atoms with van der Waals surface area (Å²) in [5.74, 6) is 0.205. The van der Waals surface area contributed by atoms with Crippen molar-refractivity contribution < 1.29 is 14.3 Å². The quantitative estimate of drug-likeness (QED) is 0.108. The maximum Gasteiger partial charge on any atom is 0.410 e. The van der Waals surface area contributed by atoms with Gasteiger partial charge in [-0.1, -0.05) is 121 Å². The third kappa shape index (κ3) is 7.69. The standard InChI is InChI=1S/C49H47ClN4O3/c1-48(2,3)57-47(56)53-28-25-34(26-29-53)45-41-23-22-40(50)31-36(41)30-35(42-20-13-27-51-46(42)45)21-24-44(55)43-32-54(33-52-43)49(37-14-7-4-8-15-37,38-16-9-5-10-17-38)39-18-11-6-12-19-39/h4-20,22-23,27,30-34,45H,21,24-26,28-29H2,1-3H3. The topological polar surface area (TPSA) is 77.3 Å². The zero-order chi connectivity index (χ0) is 39.6. The van der Waals surface area contributed by atoms with E-state index in [4.69, 9.17) is 26.3 Å². The summed E-state index contributed by atoms with van der Waals surface area (Å²) in [6.07, 6.45) is 9.87. The number of ketones is 1. The van der Waals surface area contributed by atoms with Crippen LogP contribution in [0.3, 0.4) is 0 Å². The van der Waals surface area contributed by atoms with Crippen molar-refractivity contribution in [1.82, 2.24) is 19.4 Å². The Labute approximate surface area is 340 Å². The molecule has 8 heteroatoms. The van der Waals surface area contributed by atoms with Crippen molar-refractivity contribution in [3.05, 3.63) is 190 Å². The highest BCUT2D eigenvalue weighted by Gasteiger charge is 2.39. The van der Waals surface area contributed by atoms with E-state index in [9.17, 15) is 9.59 Å². The molecule has 3 heterocycles. The first kappa shape index (κ1) is 38.1. The summed E-state index contributed by atoms with van der Waals surface area (Å²) in [4.78, 5) is 38.8. The van der Waals surface area contributed by atoms with E-state index in [1.165, 1.54) is 0 Å². The molecule has 7 nitrogen and oxygen atoms in total. The number of carbonyl (C=O) groups is 2. The van der Waals surface area contributed by atoms with Crippen LogP contribution in [-0.2, 0) is 10.3 Å². The van der Waals surface area contributed by atoms with Crippen LogP contribution in [0.2, 0.25) is 5.02 Å². The number of allylic oxidation sites excluding steroid dienone is 1. The van der Waals surface area contributed by atoms with Crippen LogP contribution in [0.4, 0.5) is 4.79 Å². The lowest BCUT2D eigenvalue weighted by Crippen LogP contribution is -2.42. The molecule has 1 atom stereocenters. The van der Waals surface area contributed by atoms with E-state index in [1.807, 2.05) is 74.5 Å². The first-order valence-electron chi connectivity index (χ1n) is 19.8. The van der Waals surface area contributed by atoms with Gasteiger partial charge in [0.2, 0.25) is 0 Å². The van der Waals surface area contributed by atoms with Crippen LogP contribution in [0, 0.1) is 5.92 Å². The molecule has 1 saturated heterocycles. The average Bonchev–Trinajstić information content (AvgIpc) is 3.67. The first-order valence-corrected chi connectivity index (χ1v) is 20.2. The molecule has 0 N–H and O–H groups in total. The smallest absolute Gasteiger partial charge is 0.410 e. The van der Waals surface area contributed by atoms with E-state index in [1.54, 1.807) is 6.33 Å². The first-order chi connectivity index (χ1) is 27.6. The van der Waals surface area contributed by atoms with Gasteiger partial charge >= 0.3 is 6.09 Å². The monoisotopic (exact) mass is 774 g/mol. The number of halogens is 1. The Hall–Kier alpha value is -5.79. The summed E-state index contributed by atoms with van der Waals surface area (Å²) >= 11 is 6.64. The Bertz CT molecular complexity index is 2300.